The SMILES string of the molecule is CCNCc1coc(-n2ccnc2)n1. The fourth-order valence-electron chi connectivity index (χ4n) is 1.12. The molecule has 0 amide bonds. The average Bonchev–Trinajstić information content (AvgIpc) is 2.85. The van der Waals surface area contributed by atoms with E-state index >= 15 is 0 Å². The molecule has 14 heavy (non-hydrogen) atoms. The Morgan fingerprint density at radius 2 is 2.50 bits per heavy atom. The molecule has 0 aliphatic rings. The first-order valence-electron chi connectivity index (χ1n) is 4.53. The topological polar surface area (TPSA) is 55.9 Å². The van der Waals surface area contributed by atoms with Crippen LogP contribution in [0.15, 0.2) is 29.4 Å². The van der Waals surface area contributed by atoms with Crippen LogP contribution in [-0.2, 0) is 6.54 Å². The van der Waals surface area contributed by atoms with Gasteiger partial charge < -0.3 is 9.73 Å². The molecular weight excluding hydrogens is 180 g/mol. The smallest absolute Gasteiger partial charge is 0.307 e. The van der Waals surface area contributed by atoms with E-state index in [9.17, 15) is 0 Å². The number of oxazole rings is 1. The van der Waals surface area contributed by atoms with Gasteiger partial charge in [-0.1, -0.05) is 6.92 Å². The molecule has 0 saturated heterocycles. The van der Waals surface area contributed by atoms with Gasteiger partial charge in [-0.3, -0.25) is 4.57 Å². The Labute approximate surface area is 81.8 Å². The Morgan fingerprint density at radius 3 is 3.21 bits per heavy atom. The van der Waals surface area contributed by atoms with E-state index in [4.69, 9.17) is 4.42 Å². The third-order valence-corrected chi connectivity index (χ3v) is 1.82. The third kappa shape index (κ3) is 1.82. The summed E-state index contributed by atoms with van der Waals surface area (Å²) in [6.07, 6.45) is 6.79. The number of hydrogen-bond donors (Lipinski definition) is 1. The molecule has 5 heteroatoms. The molecular formula is C9H12N4O. The van der Waals surface area contributed by atoms with Crippen molar-refractivity contribution in [1.82, 2.24) is 19.9 Å². The van der Waals surface area contributed by atoms with Gasteiger partial charge in [-0.25, -0.2) is 4.98 Å². The normalized spacial score (nSPS) is 10.6. The predicted molar refractivity (Wildman–Crippen MR) is 51.0 cm³/mol. The predicted octanol–water partition coefficient (Wildman–Crippen LogP) is 0.970. The van der Waals surface area contributed by atoms with Crippen LogP contribution in [-0.4, -0.2) is 21.1 Å². The summed E-state index contributed by atoms with van der Waals surface area (Å²) >= 11 is 0. The summed E-state index contributed by atoms with van der Waals surface area (Å²) in [7, 11) is 0. The van der Waals surface area contributed by atoms with Crippen LogP contribution in [0, 0.1) is 0 Å². The first kappa shape index (κ1) is 8.96. The highest BCUT2D eigenvalue weighted by molar-refractivity contribution is 5.09. The first-order chi connectivity index (χ1) is 6.90. The van der Waals surface area contributed by atoms with Gasteiger partial charge in [0.2, 0.25) is 0 Å². The van der Waals surface area contributed by atoms with Crippen LogP contribution in [0.5, 0.6) is 0 Å². The minimum Gasteiger partial charge on any atom is -0.431 e. The molecule has 2 aromatic heterocycles. The van der Waals surface area contributed by atoms with Crippen molar-refractivity contribution in [3.8, 4) is 6.01 Å². The molecule has 0 aromatic carbocycles. The zero-order chi connectivity index (χ0) is 9.80. The molecule has 1 N–H and O–H groups in total. The summed E-state index contributed by atoms with van der Waals surface area (Å²) in [5.41, 5.74) is 0.899. The second-order valence-electron chi connectivity index (χ2n) is 2.87. The van der Waals surface area contributed by atoms with Crippen molar-refractivity contribution in [2.45, 2.75) is 13.5 Å². The first-order valence-corrected chi connectivity index (χ1v) is 4.53. The third-order valence-electron chi connectivity index (χ3n) is 1.82. The minimum atomic E-state index is 0.551. The summed E-state index contributed by atoms with van der Waals surface area (Å²) in [6, 6.07) is 0.551. The van der Waals surface area contributed by atoms with Gasteiger partial charge >= 0.3 is 6.01 Å². The molecule has 2 aromatic rings. The van der Waals surface area contributed by atoms with Crippen molar-refractivity contribution in [2.24, 2.45) is 0 Å². The van der Waals surface area contributed by atoms with Gasteiger partial charge in [0.1, 0.15) is 12.6 Å². The molecule has 0 fully saturated rings. The summed E-state index contributed by atoms with van der Waals surface area (Å²) in [4.78, 5) is 8.20. The lowest BCUT2D eigenvalue weighted by Crippen LogP contribution is -2.11. The monoisotopic (exact) mass is 192 g/mol. The Hall–Kier alpha value is -1.62. The molecule has 2 rings (SSSR count). The van der Waals surface area contributed by atoms with Crippen LogP contribution in [0.2, 0.25) is 0 Å². The van der Waals surface area contributed by atoms with Gasteiger partial charge in [-0.2, -0.15) is 4.98 Å². The number of rotatable bonds is 4. The molecule has 0 bridgehead atoms. The van der Waals surface area contributed by atoms with Crippen LogP contribution >= 0.6 is 0 Å². The quantitative estimate of drug-likeness (QED) is 0.784. The number of aromatic nitrogens is 3. The van der Waals surface area contributed by atoms with Gasteiger partial charge in [0, 0.05) is 18.9 Å². The van der Waals surface area contributed by atoms with Gasteiger partial charge in [-0.15, -0.1) is 0 Å². The molecule has 0 atom stereocenters. The van der Waals surface area contributed by atoms with E-state index in [2.05, 4.69) is 22.2 Å². The van der Waals surface area contributed by atoms with Crippen molar-refractivity contribution in [3.63, 3.8) is 0 Å². The van der Waals surface area contributed by atoms with Gasteiger partial charge in [-0.05, 0) is 6.54 Å². The van der Waals surface area contributed by atoms with E-state index in [1.54, 1.807) is 29.6 Å². The molecule has 0 aliphatic carbocycles. The van der Waals surface area contributed by atoms with Crippen LogP contribution in [0.25, 0.3) is 6.01 Å². The average molecular weight is 192 g/mol. The van der Waals surface area contributed by atoms with E-state index < -0.39 is 0 Å². The van der Waals surface area contributed by atoms with Gasteiger partial charge in [0.05, 0.1) is 5.69 Å². The lowest BCUT2D eigenvalue weighted by atomic mass is 10.5. The summed E-state index contributed by atoms with van der Waals surface area (Å²) < 4.78 is 7.01. The second kappa shape index (κ2) is 4.06. The Bertz CT molecular complexity index is 379. The van der Waals surface area contributed by atoms with Crippen LogP contribution in [0.1, 0.15) is 12.6 Å². The van der Waals surface area contributed by atoms with Crippen LogP contribution in [0.4, 0.5) is 0 Å². The van der Waals surface area contributed by atoms with E-state index in [1.165, 1.54) is 0 Å². The largest absolute Gasteiger partial charge is 0.431 e. The van der Waals surface area contributed by atoms with Crippen LogP contribution < -0.4 is 5.32 Å². The van der Waals surface area contributed by atoms with Gasteiger partial charge in [0.25, 0.3) is 0 Å². The lowest BCUT2D eigenvalue weighted by molar-refractivity contribution is 0.525. The van der Waals surface area contributed by atoms with Crippen molar-refractivity contribution < 1.29 is 4.42 Å². The van der Waals surface area contributed by atoms with E-state index in [0.29, 0.717) is 6.01 Å². The summed E-state index contributed by atoms with van der Waals surface area (Å²) in [5.74, 6) is 0. The second-order valence-corrected chi connectivity index (χ2v) is 2.87. The lowest BCUT2D eigenvalue weighted by Gasteiger charge is -1.94. The molecule has 74 valence electrons. The number of nitrogens with zero attached hydrogens (tertiary/aromatic N) is 3. The van der Waals surface area contributed by atoms with E-state index in [1.807, 2.05) is 0 Å². The number of hydrogen-bond acceptors (Lipinski definition) is 4. The fourth-order valence-corrected chi connectivity index (χ4v) is 1.12. The Kier molecular flexibility index (Phi) is 2.60. The van der Waals surface area contributed by atoms with Crippen molar-refractivity contribution >= 4 is 0 Å². The highest BCUT2D eigenvalue weighted by Gasteiger charge is 2.04. The molecule has 0 aliphatic heterocycles. The zero-order valence-electron chi connectivity index (χ0n) is 7.97. The molecule has 2 heterocycles. The van der Waals surface area contributed by atoms with E-state index in [-0.39, 0.29) is 0 Å². The van der Waals surface area contributed by atoms with E-state index in [0.717, 1.165) is 18.8 Å². The molecule has 0 radical (unpaired) electrons. The minimum absolute atomic E-state index is 0.551. The molecule has 0 spiro atoms. The van der Waals surface area contributed by atoms with Gasteiger partial charge in [0.15, 0.2) is 0 Å². The Balaban J connectivity index is 2.10. The molecule has 0 saturated carbocycles. The Morgan fingerprint density at radius 1 is 1.57 bits per heavy atom. The number of nitrogens with one attached hydrogen (secondary N) is 1. The maximum atomic E-state index is 5.28. The summed E-state index contributed by atoms with van der Waals surface area (Å²) in [5, 5.41) is 3.18. The molecule has 5 nitrogen and oxygen atoms in total. The highest BCUT2D eigenvalue weighted by atomic mass is 16.4. The highest BCUT2D eigenvalue weighted by Crippen LogP contribution is 2.06. The molecule has 0 unspecified atom stereocenters. The summed E-state index contributed by atoms with van der Waals surface area (Å²) in [6.45, 7) is 3.71. The van der Waals surface area contributed by atoms with Crippen molar-refractivity contribution in [2.75, 3.05) is 6.54 Å². The zero-order valence-corrected chi connectivity index (χ0v) is 7.97. The fraction of sp³-hybridized carbons (Fsp3) is 0.333. The van der Waals surface area contributed by atoms with Crippen LogP contribution in [0.3, 0.4) is 0 Å². The number of imidazole rings is 1. The van der Waals surface area contributed by atoms with Crippen molar-refractivity contribution in [3.05, 3.63) is 30.7 Å². The van der Waals surface area contributed by atoms with Crippen molar-refractivity contribution in [1.29, 1.82) is 0 Å². The maximum absolute atomic E-state index is 5.28. The standard InChI is InChI=1S/C9H12N4O/c1-2-10-5-8-6-14-9(12-8)13-4-3-11-7-13/h3-4,6-7,10H,2,5H2,1H3. The maximum Gasteiger partial charge on any atom is 0.307 e.